The van der Waals surface area contributed by atoms with Crippen molar-refractivity contribution in [2.45, 2.75) is 6.61 Å². The van der Waals surface area contributed by atoms with Gasteiger partial charge in [-0.2, -0.15) is 0 Å². The maximum absolute atomic E-state index is 13.0. The summed E-state index contributed by atoms with van der Waals surface area (Å²) in [5.41, 5.74) is 1.95. The van der Waals surface area contributed by atoms with Gasteiger partial charge >= 0.3 is 0 Å². The zero-order valence-electron chi connectivity index (χ0n) is 15.1. The Morgan fingerprint density at radius 3 is 2.32 bits per heavy atom. The van der Waals surface area contributed by atoms with Crippen molar-refractivity contribution in [2.24, 2.45) is 0 Å². The molecule has 1 aromatic heterocycles. The van der Waals surface area contributed by atoms with Gasteiger partial charge in [0, 0.05) is 11.6 Å². The van der Waals surface area contributed by atoms with Crippen LogP contribution in [0, 0.1) is 5.82 Å². The molecule has 0 saturated heterocycles. The third-order valence-electron chi connectivity index (χ3n) is 4.39. The topological polar surface area (TPSA) is 48.7 Å². The van der Waals surface area contributed by atoms with Crippen LogP contribution in [-0.2, 0) is 6.61 Å². The second kappa shape index (κ2) is 7.56. The van der Waals surface area contributed by atoms with Crippen LogP contribution in [0.2, 0.25) is 0 Å². The normalized spacial score (nSPS) is 10.8. The molecule has 0 amide bonds. The van der Waals surface area contributed by atoms with Crippen molar-refractivity contribution in [3.63, 3.8) is 0 Å². The maximum atomic E-state index is 13.0. The first-order valence-corrected chi connectivity index (χ1v) is 8.72. The SMILES string of the molecule is COc1ccc(-c2cc(=O)c3cc(OCc4ccc(F)cc4)ccc3o2)cc1. The predicted molar refractivity (Wildman–Crippen MR) is 105 cm³/mol. The zero-order valence-corrected chi connectivity index (χ0v) is 15.1. The van der Waals surface area contributed by atoms with Crippen molar-refractivity contribution >= 4 is 11.0 Å². The average molecular weight is 376 g/mol. The van der Waals surface area contributed by atoms with Gasteiger partial charge in [0.25, 0.3) is 0 Å². The molecule has 0 radical (unpaired) electrons. The molecule has 0 aliphatic carbocycles. The second-order valence-corrected chi connectivity index (χ2v) is 6.28. The third kappa shape index (κ3) is 3.74. The summed E-state index contributed by atoms with van der Waals surface area (Å²) < 4.78 is 29.7. The Labute approximate surface area is 160 Å². The van der Waals surface area contributed by atoms with E-state index < -0.39 is 0 Å². The second-order valence-electron chi connectivity index (χ2n) is 6.28. The molecule has 0 bridgehead atoms. The van der Waals surface area contributed by atoms with Gasteiger partial charge in [0.05, 0.1) is 12.5 Å². The number of benzene rings is 3. The lowest BCUT2D eigenvalue weighted by Crippen LogP contribution is -2.02. The van der Waals surface area contributed by atoms with Crippen LogP contribution < -0.4 is 14.9 Å². The molecule has 3 aromatic carbocycles. The summed E-state index contributed by atoms with van der Waals surface area (Å²) in [6.45, 7) is 0.279. The van der Waals surface area contributed by atoms with Crippen LogP contribution in [0.3, 0.4) is 0 Å². The molecular formula is C23H17FO4. The summed E-state index contributed by atoms with van der Waals surface area (Å²) >= 11 is 0. The third-order valence-corrected chi connectivity index (χ3v) is 4.39. The van der Waals surface area contributed by atoms with Crippen molar-refractivity contribution in [1.82, 2.24) is 0 Å². The van der Waals surface area contributed by atoms with E-state index in [2.05, 4.69) is 0 Å². The fourth-order valence-corrected chi connectivity index (χ4v) is 2.87. The van der Waals surface area contributed by atoms with Gasteiger partial charge in [0.2, 0.25) is 0 Å². The molecule has 0 atom stereocenters. The minimum atomic E-state index is -0.292. The molecule has 0 aliphatic rings. The Kier molecular flexibility index (Phi) is 4.81. The Morgan fingerprint density at radius 2 is 1.61 bits per heavy atom. The zero-order chi connectivity index (χ0) is 19.5. The Morgan fingerprint density at radius 1 is 0.893 bits per heavy atom. The first kappa shape index (κ1) is 17.8. The molecule has 0 fully saturated rings. The molecule has 1 heterocycles. The Balaban J connectivity index is 1.60. The molecule has 0 saturated carbocycles. The molecular weight excluding hydrogens is 359 g/mol. The molecule has 28 heavy (non-hydrogen) atoms. The fraction of sp³-hybridized carbons (Fsp3) is 0.0870. The van der Waals surface area contributed by atoms with E-state index in [4.69, 9.17) is 13.9 Å². The molecule has 0 unspecified atom stereocenters. The number of fused-ring (bicyclic) bond motifs is 1. The van der Waals surface area contributed by atoms with Crippen molar-refractivity contribution in [3.8, 4) is 22.8 Å². The van der Waals surface area contributed by atoms with Crippen LogP contribution in [0.25, 0.3) is 22.3 Å². The highest BCUT2D eigenvalue weighted by Gasteiger charge is 2.09. The Bertz CT molecular complexity index is 1160. The minimum absolute atomic E-state index is 0.153. The molecule has 0 spiro atoms. The highest BCUT2D eigenvalue weighted by molar-refractivity contribution is 5.80. The van der Waals surface area contributed by atoms with Gasteiger partial charge in [0.15, 0.2) is 5.43 Å². The predicted octanol–water partition coefficient (Wildman–Crippen LogP) is 5.19. The standard InChI is InChI=1S/C23H17FO4/c1-26-18-8-4-16(5-9-18)23-13-21(25)20-12-19(10-11-22(20)28-23)27-14-15-2-6-17(24)7-3-15/h2-13H,14H2,1H3. The van der Waals surface area contributed by atoms with E-state index >= 15 is 0 Å². The number of ether oxygens (including phenoxy) is 2. The summed E-state index contributed by atoms with van der Waals surface area (Å²) in [4.78, 5) is 12.6. The van der Waals surface area contributed by atoms with Gasteiger partial charge in [-0.3, -0.25) is 4.79 Å². The molecule has 140 valence electrons. The molecule has 4 rings (SSSR count). The van der Waals surface area contributed by atoms with Gasteiger partial charge in [0.1, 0.15) is 35.3 Å². The van der Waals surface area contributed by atoms with E-state index in [1.54, 1.807) is 37.4 Å². The van der Waals surface area contributed by atoms with E-state index in [9.17, 15) is 9.18 Å². The first-order chi connectivity index (χ1) is 13.6. The van der Waals surface area contributed by atoms with Gasteiger partial charge in [-0.1, -0.05) is 12.1 Å². The van der Waals surface area contributed by atoms with Gasteiger partial charge < -0.3 is 13.9 Å². The highest BCUT2D eigenvalue weighted by atomic mass is 19.1. The average Bonchev–Trinajstić information content (AvgIpc) is 2.73. The minimum Gasteiger partial charge on any atom is -0.497 e. The van der Waals surface area contributed by atoms with Gasteiger partial charge in [-0.05, 0) is 60.2 Å². The first-order valence-electron chi connectivity index (χ1n) is 8.72. The van der Waals surface area contributed by atoms with Crippen LogP contribution in [0.1, 0.15) is 5.56 Å². The summed E-state index contributed by atoms with van der Waals surface area (Å²) in [7, 11) is 1.60. The van der Waals surface area contributed by atoms with Crippen molar-refractivity contribution in [1.29, 1.82) is 0 Å². The number of methoxy groups -OCH3 is 1. The van der Waals surface area contributed by atoms with Crippen molar-refractivity contribution < 1.29 is 18.3 Å². The Hall–Kier alpha value is -3.60. The monoisotopic (exact) mass is 376 g/mol. The summed E-state index contributed by atoms with van der Waals surface area (Å²) in [5.74, 6) is 1.47. The molecule has 0 N–H and O–H groups in total. The van der Waals surface area contributed by atoms with Crippen molar-refractivity contribution in [2.75, 3.05) is 7.11 Å². The van der Waals surface area contributed by atoms with Crippen LogP contribution in [0.5, 0.6) is 11.5 Å². The molecule has 0 aliphatic heterocycles. The molecule has 4 aromatic rings. The smallest absolute Gasteiger partial charge is 0.193 e. The van der Waals surface area contributed by atoms with Gasteiger partial charge in [-0.15, -0.1) is 0 Å². The number of hydrogen-bond donors (Lipinski definition) is 0. The van der Waals surface area contributed by atoms with Crippen LogP contribution in [0.15, 0.2) is 82.0 Å². The van der Waals surface area contributed by atoms with Crippen LogP contribution >= 0.6 is 0 Å². The summed E-state index contributed by atoms with van der Waals surface area (Å²) in [5, 5.41) is 0.439. The lowest BCUT2D eigenvalue weighted by Gasteiger charge is -2.08. The van der Waals surface area contributed by atoms with E-state index in [-0.39, 0.29) is 17.9 Å². The van der Waals surface area contributed by atoms with Crippen molar-refractivity contribution in [3.05, 3.63) is 94.4 Å². The summed E-state index contributed by atoms with van der Waals surface area (Å²) in [6.07, 6.45) is 0. The fourth-order valence-electron chi connectivity index (χ4n) is 2.87. The van der Waals surface area contributed by atoms with Crippen LogP contribution in [-0.4, -0.2) is 7.11 Å². The largest absolute Gasteiger partial charge is 0.497 e. The summed E-state index contributed by atoms with van der Waals surface area (Å²) in [6, 6.07) is 20.0. The molecule has 4 nitrogen and oxygen atoms in total. The quantitative estimate of drug-likeness (QED) is 0.481. The number of rotatable bonds is 5. The van der Waals surface area contributed by atoms with E-state index in [1.807, 2.05) is 24.3 Å². The van der Waals surface area contributed by atoms with Gasteiger partial charge in [-0.25, -0.2) is 4.39 Å². The van der Waals surface area contributed by atoms with Crippen LogP contribution in [0.4, 0.5) is 4.39 Å². The molecule has 5 heteroatoms. The van der Waals surface area contributed by atoms with E-state index in [1.165, 1.54) is 18.2 Å². The van der Waals surface area contributed by atoms with E-state index in [0.717, 1.165) is 16.9 Å². The highest BCUT2D eigenvalue weighted by Crippen LogP contribution is 2.26. The number of hydrogen-bond acceptors (Lipinski definition) is 4. The maximum Gasteiger partial charge on any atom is 0.193 e. The lowest BCUT2D eigenvalue weighted by atomic mass is 10.1. The lowest BCUT2D eigenvalue weighted by molar-refractivity contribution is 0.306. The van der Waals surface area contributed by atoms with E-state index in [0.29, 0.717) is 22.5 Å². The number of halogens is 1.